The molecule has 1 saturated carbocycles. The third-order valence-electron chi connectivity index (χ3n) is 4.28. The van der Waals surface area contributed by atoms with Gasteiger partial charge in [-0.15, -0.1) is 0 Å². The fourth-order valence-corrected chi connectivity index (χ4v) is 2.78. The van der Waals surface area contributed by atoms with Gasteiger partial charge in [-0.1, -0.05) is 0 Å². The van der Waals surface area contributed by atoms with Crippen LogP contribution < -0.4 is 10.9 Å². The van der Waals surface area contributed by atoms with E-state index in [1.54, 1.807) is 4.90 Å². The lowest BCUT2D eigenvalue weighted by atomic mass is 10.2. The van der Waals surface area contributed by atoms with Gasteiger partial charge in [0.2, 0.25) is 0 Å². The van der Waals surface area contributed by atoms with Crippen LogP contribution in [0.15, 0.2) is 10.9 Å². The first kappa shape index (κ1) is 14.0. The highest BCUT2D eigenvalue weighted by molar-refractivity contribution is 5.97. The van der Waals surface area contributed by atoms with Crippen LogP contribution >= 0.6 is 0 Å². The molecule has 0 spiro atoms. The van der Waals surface area contributed by atoms with E-state index in [1.165, 1.54) is 10.6 Å². The van der Waals surface area contributed by atoms with Crippen molar-refractivity contribution in [2.45, 2.75) is 45.3 Å². The van der Waals surface area contributed by atoms with Gasteiger partial charge in [0.15, 0.2) is 5.65 Å². The average Bonchev–Trinajstić information content (AvgIpc) is 3.09. The molecule has 0 saturated heterocycles. The Morgan fingerprint density at radius 3 is 2.83 bits per heavy atom. The minimum atomic E-state index is -0.327. The van der Waals surface area contributed by atoms with Gasteiger partial charge < -0.3 is 10.2 Å². The van der Waals surface area contributed by atoms with Crippen LogP contribution in [0.25, 0.3) is 5.65 Å². The summed E-state index contributed by atoms with van der Waals surface area (Å²) >= 11 is 0. The maximum Gasteiger partial charge on any atom is 0.278 e. The summed E-state index contributed by atoms with van der Waals surface area (Å²) in [5.41, 5.74) is 0.799. The number of hydrogen-bond donors (Lipinski definition) is 2. The van der Waals surface area contributed by atoms with Gasteiger partial charge >= 0.3 is 0 Å². The van der Waals surface area contributed by atoms with E-state index >= 15 is 0 Å². The quantitative estimate of drug-likeness (QED) is 0.862. The molecule has 0 bridgehead atoms. The van der Waals surface area contributed by atoms with Crippen LogP contribution in [-0.2, 0) is 6.54 Å². The van der Waals surface area contributed by atoms with E-state index in [-0.39, 0.29) is 54.5 Å². The first-order valence-electron chi connectivity index (χ1n) is 7.72. The molecule has 1 aliphatic heterocycles. The molecular formula is C15H19N5O3. The molecule has 2 aromatic heterocycles. The number of hydrogen-bond acceptors (Lipinski definition) is 4. The van der Waals surface area contributed by atoms with Gasteiger partial charge in [0, 0.05) is 19.6 Å². The molecule has 4 rings (SSSR count). The number of carbonyl (C=O) groups is 2. The van der Waals surface area contributed by atoms with Crippen molar-refractivity contribution in [3.05, 3.63) is 33.4 Å². The van der Waals surface area contributed by atoms with Crippen molar-refractivity contribution in [1.82, 2.24) is 24.8 Å². The maximum absolute atomic E-state index is 12.6. The molecule has 8 heteroatoms. The van der Waals surface area contributed by atoms with Crippen LogP contribution in [0.1, 0.15) is 54.7 Å². The maximum atomic E-state index is 12.6. The molecule has 1 aliphatic carbocycles. The Balaban J connectivity index is 0.00000169. The van der Waals surface area contributed by atoms with E-state index < -0.39 is 0 Å². The monoisotopic (exact) mass is 317 g/mol. The minimum absolute atomic E-state index is 0. The number of nitrogens with one attached hydrogen (secondary N) is 2. The van der Waals surface area contributed by atoms with Crippen molar-refractivity contribution in [2.24, 2.45) is 0 Å². The third kappa shape index (κ3) is 2.13. The Morgan fingerprint density at radius 1 is 1.43 bits per heavy atom. The van der Waals surface area contributed by atoms with Crippen molar-refractivity contribution in [1.29, 1.82) is 0 Å². The van der Waals surface area contributed by atoms with E-state index in [1.807, 2.05) is 13.8 Å². The van der Waals surface area contributed by atoms with Crippen LogP contribution in [0, 0.1) is 0 Å². The number of fused-ring (bicyclic) bond motifs is 2. The van der Waals surface area contributed by atoms with Gasteiger partial charge in [0.25, 0.3) is 17.4 Å². The largest absolute Gasteiger partial charge is 0.348 e. The molecule has 3 heterocycles. The summed E-state index contributed by atoms with van der Waals surface area (Å²) in [5, 5.41) is 5.64. The molecule has 8 nitrogen and oxygen atoms in total. The van der Waals surface area contributed by atoms with E-state index in [0.29, 0.717) is 5.56 Å². The third-order valence-corrected chi connectivity index (χ3v) is 4.28. The second-order valence-corrected chi connectivity index (χ2v) is 6.38. The number of nitrogens with zero attached hydrogens (tertiary/aromatic N) is 3. The molecule has 0 unspecified atom stereocenters. The van der Waals surface area contributed by atoms with E-state index in [9.17, 15) is 14.4 Å². The Bertz CT molecular complexity index is 896. The molecule has 122 valence electrons. The second-order valence-electron chi connectivity index (χ2n) is 6.38. The van der Waals surface area contributed by atoms with Crippen LogP contribution in [-0.4, -0.2) is 43.4 Å². The van der Waals surface area contributed by atoms with Crippen molar-refractivity contribution in [3.8, 4) is 0 Å². The Morgan fingerprint density at radius 2 is 2.17 bits per heavy atom. The van der Waals surface area contributed by atoms with Crippen molar-refractivity contribution in [2.75, 3.05) is 0 Å². The molecule has 2 N–H and O–H groups in total. The summed E-state index contributed by atoms with van der Waals surface area (Å²) < 4.78 is 1.23. The molecule has 2 aromatic rings. The number of aromatic nitrogens is 3. The van der Waals surface area contributed by atoms with Gasteiger partial charge in [-0.05, 0) is 26.7 Å². The smallest absolute Gasteiger partial charge is 0.278 e. The summed E-state index contributed by atoms with van der Waals surface area (Å²) in [6, 6.07) is 1.73. The molecule has 0 atom stereocenters. The van der Waals surface area contributed by atoms with Crippen LogP contribution in [0.5, 0.6) is 0 Å². The lowest BCUT2D eigenvalue weighted by Crippen LogP contribution is -2.31. The highest BCUT2D eigenvalue weighted by atomic mass is 16.2. The SMILES string of the molecule is CC(C)N1Cc2c(nc3cc(C(=O)NC4CC4)[nH]n3c2=O)C1=O.[HH]. The number of H-pyrrole nitrogens is 1. The Kier molecular flexibility index (Phi) is 2.84. The van der Waals surface area contributed by atoms with Crippen LogP contribution in [0.2, 0.25) is 0 Å². The van der Waals surface area contributed by atoms with E-state index in [2.05, 4.69) is 15.4 Å². The Labute approximate surface area is 133 Å². The predicted molar refractivity (Wildman–Crippen MR) is 83.4 cm³/mol. The highest BCUT2D eigenvalue weighted by Gasteiger charge is 2.34. The van der Waals surface area contributed by atoms with Crippen molar-refractivity contribution >= 4 is 17.5 Å². The van der Waals surface area contributed by atoms with Gasteiger partial charge in [-0.3, -0.25) is 19.5 Å². The number of rotatable bonds is 3. The summed E-state index contributed by atoms with van der Waals surface area (Å²) in [6.45, 7) is 4.05. The van der Waals surface area contributed by atoms with Crippen molar-refractivity contribution in [3.63, 3.8) is 0 Å². The zero-order valence-electron chi connectivity index (χ0n) is 12.9. The highest BCUT2D eigenvalue weighted by Crippen LogP contribution is 2.22. The molecule has 2 amide bonds. The van der Waals surface area contributed by atoms with Gasteiger partial charge in [-0.25, -0.2) is 9.50 Å². The summed E-state index contributed by atoms with van der Waals surface area (Å²) in [6.07, 6.45) is 1.97. The van der Waals surface area contributed by atoms with Gasteiger partial charge in [0.1, 0.15) is 11.4 Å². The van der Waals surface area contributed by atoms with E-state index in [4.69, 9.17) is 0 Å². The van der Waals surface area contributed by atoms with Gasteiger partial charge in [-0.2, -0.15) is 0 Å². The standard InChI is InChI=1S/C15H17N5O3.H2/c1-7(2)19-6-9-12(15(19)23)17-11-5-10(18-20(11)14(9)22)13(21)16-8-3-4-8;/h5,7-8,18H,3-4,6H2,1-2H3,(H,16,21);1H. The van der Waals surface area contributed by atoms with E-state index in [0.717, 1.165) is 12.8 Å². The number of carbonyl (C=O) groups excluding carboxylic acids is 2. The average molecular weight is 317 g/mol. The first-order valence-corrected chi connectivity index (χ1v) is 7.72. The van der Waals surface area contributed by atoms with Crippen LogP contribution in [0.4, 0.5) is 0 Å². The molecule has 2 aliphatic rings. The summed E-state index contributed by atoms with van der Waals surface area (Å²) in [4.78, 5) is 42.9. The number of aromatic amines is 1. The molecule has 1 fully saturated rings. The Hall–Kier alpha value is -2.64. The lowest BCUT2D eigenvalue weighted by Gasteiger charge is -2.19. The second kappa shape index (κ2) is 4.68. The molecule has 23 heavy (non-hydrogen) atoms. The topological polar surface area (TPSA) is 99.6 Å². The normalized spacial score (nSPS) is 17.2. The predicted octanol–water partition coefficient (Wildman–Crippen LogP) is 0.525. The molecule has 0 aromatic carbocycles. The fraction of sp³-hybridized carbons (Fsp3) is 0.467. The van der Waals surface area contributed by atoms with Crippen molar-refractivity contribution < 1.29 is 11.0 Å². The molecular weight excluding hydrogens is 298 g/mol. The lowest BCUT2D eigenvalue weighted by molar-refractivity contribution is 0.0726. The minimum Gasteiger partial charge on any atom is -0.348 e. The summed E-state index contributed by atoms with van der Waals surface area (Å²) in [7, 11) is 0. The zero-order valence-corrected chi connectivity index (χ0v) is 12.9. The zero-order chi connectivity index (χ0) is 16.3. The summed E-state index contributed by atoms with van der Waals surface area (Å²) in [5.74, 6) is -0.493. The van der Waals surface area contributed by atoms with Crippen LogP contribution in [0.3, 0.4) is 0 Å². The molecule has 0 radical (unpaired) electrons. The first-order chi connectivity index (χ1) is 11.0. The number of amides is 2. The fourth-order valence-electron chi connectivity index (χ4n) is 2.78. The van der Waals surface area contributed by atoms with Gasteiger partial charge in [0.05, 0.1) is 12.1 Å².